The Morgan fingerprint density at radius 3 is 2.34 bits per heavy atom. The molecular weight excluding hydrogens is 398 g/mol. The molecule has 2 N–H and O–H groups in total. The third-order valence-electron chi connectivity index (χ3n) is 6.87. The number of anilines is 1. The molecule has 2 fully saturated rings. The van der Waals surface area contributed by atoms with Crippen molar-refractivity contribution in [2.24, 2.45) is 5.73 Å². The summed E-state index contributed by atoms with van der Waals surface area (Å²) in [5.41, 5.74) is 11.9. The highest BCUT2D eigenvalue weighted by Crippen LogP contribution is 2.42. The lowest BCUT2D eigenvalue weighted by Gasteiger charge is -2.38. The number of nitrogens with two attached hydrogens (primary N) is 1. The molecule has 2 aliphatic rings. The van der Waals surface area contributed by atoms with Crippen molar-refractivity contribution in [2.75, 3.05) is 31.2 Å². The lowest BCUT2D eigenvalue weighted by molar-refractivity contribution is 0.122. The minimum Gasteiger partial charge on any atom is -0.378 e. The van der Waals surface area contributed by atoms with Gasteiger partial charge in [0.25, 0.3) is 0 Å². The molecule has 6 heteroatoms. The number of fused-ring (bicyclic) bond motifs is 1. The van der Waals surface area contributed by atoms with Crippen LogP contribution in [0.4, 0.5) is 5.82 Å². The van der Waals surface area contributed by atoms with Crippen LogP contribution in [-0.4, -0.2) is 40.7 Å². The van der Waals surface area contributed by atoms with Crippen molar-refractivity contribution >= 4 is 11.6 Å². The van der Waals surface area contributed by atoms with Crippen molar-refractivity contribution in [3.8, 4) is 22.4 Å². The molecule has 1 aliphatic heterocycles. The number of morpholine rings is 1. The molecule has 2 aromatic heterocycles. The smallest absolute Gasteiger partial charge is 0.235 e. The normalized spacial score (nSPS) is 18.0. The number of ether oxygens (including phenoxy) is 1. The highest BCUT2D eigenvalue weighted by atomic mass is 16.5. The van der Waals surface area contributed by atoms with E-state index in [1.54, 1.807) is 0 Å². The predicted octanol–water partition coefficient (Wildman–Crippen LogP) is 4.24. The minimum atomic E-state index is -0.166. The Morgan fingerprint density at radius 2 is 1.66 bits per heavy atom. The average molecular weight is 426 g/mol. The van der Waals surface area contributed by atoms with Gasteiger partial charge in [-0.2, -0.15) is 0 Å². The van der Waals surface area contributed by atoms with Crippen molar-refractivity contribution in [1.29, 1.82) is 0 Å². The van der Waals surface area contributed by atoms with E-state index in [2.05, 4.69) is 68.9 Å². The highest BCUT2D eigenvalue weighted by Gasteiger charge is 2.34. The van der Waals surface area contributed by atoms with E-state index < -0.39 is 0 Å². The maximum absolute atomic E-state index is 6.57. The second-order valence-corrected chi connectivity index (χ2v) is 8.81. The molecule has 1 saturated heterocycles. The van der Waals surface area contributed by atoms with E-state index in [9.17, 15) is 0 Å². The van der Waals surface area contributed by atoms with E-state index >= 15 is 0 Å². The van der Waals surface area contributed by atoms with E-state index in [4.69, 9.17) is 15.5 Å². The van der Waals surface area contributed by atoms with E-state index in [0.717, 1.165) is 67.3 Å². The van der Waals surface area contributed by atoms with Crippen LogP contribution in [0.3, 0.4) is 0 Å². The van der Waals surface area contributed by atoms with Gasteiger partial charge >= 0.3 is 0 Å². The van der Waals surface area contributed by atoms with Gasteiger partial charge in [-0.1, -0.05) is 54.6 Å². The number of aromatic nitrogens is 3. The highest BCUT2D eigenvalue weighted by molar-refractivity contribution is 5.90. The van der Waals surface area contributed by atoms with E-state index in [0.29, 0.717) is 5.78 Å². The summed E-state index contributed by atoms with van der Waals surface area (Å²) in [7, 11) is 0. The fraction of sp³-hybridized carbons (Fsp3) is 0.308. The maximum Gasteiger partial charge on any atom is 0.235 e. The molecular formula is C26H27N5O. The molecule has 1 aliphatic carbocycles. The zero-order valence-electron chi connectivity index (χ0n) is 18.1. The number of benzene rings is 2. The first kappa shape index (κ1) is 19.5. The first-order chi connectivity index (χ1) is 15.7. The molecule has 0 unspecified atom stereocenters. The molecule has 0 amide bonds. The van der Waals surface area contributed by atoms with Crippen molar-refractivity contribution in [1.82, 2.24) is 14.4 Å². The van der Waals surface area contributed by atoms with Crippen LogP contribution in [0.5, 0.6) is 0 Å². The van der Waals surface area contributed by atoms with Gasteiger partial charge in [-0.3, -0.25) is 4.40 Å². The van der Waals surface area contributed by atoms with Crippen LogP contribution in [0.1, 0.15) is 24.8 Å². The summed E-state index contributed by atoms with van der Waals surface area (Å²) in [6, 6.07) is 19.2. The van der Waals surface area contributed by atoms with Gasteiger partial charge in [0.15, 0.2) is 0 Å². The number of rotatable bonds is 4. The second-order valence-electron chi connectivity index (χ2n) is 8.81. The Morgan fingerprint density at radius 1 is 0.906 bits per heavy atom. The summed E-state index contributed by atoms with van der Waals surface area (Å²) in [4.78, 5) is 12.0. The zero-order valence-corrected chi connectivity index (χ0v) is 18.1. The molecule has 0 radical (unpaired) electrons. The molecule has 1 saturated carbocycles. The quantitative estimate of drug-likeness (QED) is 0.530. The fourth-order valence-corrected chi connectivity index (χ4v) is 4.90. The first-order valence-electron chi connectivity index (χ1n) is 11.4. The molecule has 3 heterocycles. The van der Waals surface area contributed by atoms with Crippen molar-refractivity contribution < 1.29 is 4.74 Å². The third kappa shape index (κ3) is 3.18. The van der Waals surface area contributed by atoms with Gasteiger partial charge in [0.1, 0.15) is 5.82 Å². The Hall–Kier alpha value is -3.22. The van der Waals surface area contributed by atoms with Crippen LogP contribution in [0.2, 0.25) is 0 Å². The molecule has 6 rings (SSSR count). The van der Waals surface area contributed by atoms with Crippen molar-refractivity contribution in [3.05, 3.63) is 72.6 Å². The number of hydrogen-bond donors (Lipinski definition) is 1. The van der Waals surface area contributed by atoms with Crippen LogP contribution in [0.25, 0.3) is 28.2 Å². The largest absolute Gasteiger partial charge is 0.378 e. The van der Waals surface area contributed by atoms with Gasteiger partial charge in [0.05, 0.1) is 18.9 Å². The van der Waals surface area contributed by atoms with E-state index in [-0.39, 0.29) is 5.54 Å². The summed E-state index contributed by atoms with van der Waals surface area (Å²) >= 11 is 0. The first-order valence-corrected chi connectivity index (χ1v) is 11.4. The van der Waals surface area contributed by atoms with Gasteiger partial charge in [0.2, 0.25) is 5.78 Å². The van der Waals surface area contributed by atoms with Gasteiger partial charge in [0, 0.05) is 42.1 Å². The van der Waals surface area contributed by atoms with Gasteiger partial charge in [-0.15, -0.1) is 0 Å². The third-order valence-corrected chi connectivity index (χ3v) is 6.87. The van der Waals surface area contributed by atoms with Crippen LogP contribution in [-0.2, 0) is 10.3 Å². The Balaban J connectivity index is 1.57. The van der Waals surface area contributed by atoms with E-state index in [1.807, 2.05) is 12.4 Å². The van der Waals surface area contributed by atoms with Crippen LogP contribution < -0.4 is 10.6 Å². The molecule has 32 heavy (non-hydrogen) atoms. The number of imidazole rings is 1. The molecule has 0 atom stereocenters. The van der Waals surface area contributed by atoms with Gasteiger partial charge in [-0.05, 0) is 30.4 Å². The molecule has 2 aromatic carbocycles. The molecule has 0 spiro atoms. The number of nitrogens with zero attached hydrogens (tertiary/aromatic N) is 4. The topological polar surface area (TPSA) is 68.7 Å². The second kappa shape index (κ2) is 7.73. The monoisotopic (exact) mass is 425 g/mol. The van der Waals surface area contributed by atoms with Crippen LogP contribution in [0.15, 0.2) is 67.0 Å². The summed E-state index contributed by atoms with van der Waals surface area (Å²) in [5.74, 6) is 1.83. The van der Waals surface area contributed by atoms with Gasteiger partial charge < -0.3 is 15.4 Å². The Bertz CT molecular complexity index is 1240. The van der Waals surface area contributed by atoms with Crippen molar-refractivity contribution in [3.63, 3.8) is 0 Å². The van der Waals surface area contributed by atoms with Gasteiger partial charge in [-0.25, -0.2) is 9.97 Å². The summed E-state index contributed by atoms with van der Waals surface area (Å²) < 4.78 is 7.75. The van der Waals surface area contributed by atoms with E-state index in [1.165, 1.54) is 12.0 Å². The standard InChI is InChI=1S/C26H27N5O/c27-26(11-4-12-26)21-9-7-20(8-10-21)23-22(19-5-2-1-3-6-19)24(30-15-17-32-18-16-30)31-14-13-28-25(31)29-23/h1-3,5-10,13-14H,4,11-12,15-18,27H2. The summed E-state index contributed by atoms with van der Waals surface area (Å²) in [6.45, 7) is 3.11. The lowest BCUT2D eigenvalue weighted by Crippen LogP contribution is -2.43. The lowest BCUT2D eigenvalue weighted by atomic mass is 9.72. The average Bonchev–Trinajstić information content (AvgIpc) is 3.31. The Labute approximate surface area is 187 Å². The maximum atomic E-state index is 6.57. The summed E-state index contributed by atoms with van der Waals surface area (Å²) in [5, 5.41) is 0. The fourth-order valence-electron chi connectivity index (χ4n) is 4.90. The van der Waals surface area contributed by atoms with Crippen LogP contribution in [0, 0.1) is 0 Å². The van der Waals surface area contributed by atoms with Crippen LogP contribution >= 0.6 is 0 Å². The molecule has 0 bridgehead atoms. The minimum absolute atomic E-state index is 0.166. The SMILES string of the molecule is NC1(c2ccc(-c3nc4nccn4c(N4CCOCC4)c3-c3ccccc3)cc2)CCC1. The molecule has 4 aromatic rings. The molecule has 6 nitrogen and oxygen atoms in total. The zero-order chi connectivity index (χ0) is 21.5. The predicted molar refractivity (Wildman–Crippen MR) is 127 cm³/mol. The number of hydrogen-bond acceptors (Lipinski definition) is 5. The Kier molecular flexibility index (Phi) is 4.70. The van der Waals surface area contributed by atoms with Crippen molar-refractivity contribution in [2.45, 2.75) is 24.8 Å². The summed E-state index contributed by atoms with van der Waals surface area (Å²) in [6.07, 6.45) is 7.14. The molecule has 162 valence electrons.